The van der Waals surface area contributed by atoms with E-state index in [1.165, 1.54) is 25.1 Å². The summed E-state index contributed by atoms with van der Waals surface area (Å²) in [6.45, 7) is 4.07. The van der Waals surface area contributed by atoms with E-state index >= 15 is 13.2 Å². The first-order valence-electron chi connectivity index (χ1n) is 11.2. The van der Waals surface area contributed by atoms with Gasteiger partial charge in [-0.25, -0.2) is 17.6 Å². The molecule has 0 unspecified atom stereocenters. The molecule has 2 nitrogen and oxygen atoms in total. The number of allylic oxidation sites excluding steroid dienone is 1. The molecule has 196 valence electrons. The lowest BCUT2D eigenvalue weighted by Gasteiger charge is -2.35. The molecule has 0 radical (unpaired) electrons. The standard InChI is InChI=1S/C27H20F8O2/c1-3-5-6-14-7-8-15(23(29)22(14)28)13-37-19-12-10-17-16-9-11-18(36-4-2)24(30)20(16)26(32,33)27(34,35)21(17)25(19)31/h3,7-12H,1,4-6,13H2,2H3. The maximum atomic E-state index is 15.2. The summed E-state index contributed by atoms with van der Waals surface area (Å²) in [6, 6.07) is 6.16. The molecule has 0 aromatic heterocycles. The molecule has 0 saturated heterocycles. The quantitative estimate of drug-likeness (QED) is 0.217. The summed E-state index contributed by atoms with van der Waals surface area (Å²) in [5.74, 6) is -17.8. The Morgan fingerprint density at radius 1 is 0.703 bits per heavy atom. The minimum atomic E-state index is -5.17. The summed E-state index contributed by atoms with van der Waals surface area (Å²) in [5.41, 5.74) is -4.89. The average molecular weight is 528 g/mol. The van der Waals surface area contributed by atoms with E-state index in [0.29, 0.717) is 6.42 Å². The molecule has 3 aromatic carbocycles. The van der Waals surface area contributed by atoms with Crippen molar-refractivity contribution in [3.63, 3.8) is 0 Å². The molecule has 1 aliphatic carbocycles. The zero-order chi connectivity index (χ0) is 27.1. The van der Waals surface area contributed by atoms with Gasteiger partial charge in [0.05, 0.1) is 17.7 Å². The Balaban J connectivity index is 1.74. The van der Waals surface area contributed by atoms with Crippen LogP contribution in [0.3, 0.4) is 0 Å². The summed E-state index contributed by atoms with van der Waals surface area (Å²) in [5, 5.41) is 0. The summed E-state index contributed by atoms with van der Waals surface area (Å²) in [7, 11) is 0. The van der Waals surface area contributed by atoms with E-state index in [0.717, 1.165) is 24.3 Å². The lowest BCUT2D eigenvalue weighted by atomic mass is 9.79. The van der Waals surface area contributed by atoms with Crippen molar-refractivity contribution in [2.75, 3.05) is 6.61 Å². The van der Waals surface area contributed by atoms with Crippen LogP contribution in [0.25, 0.3) is 11.1 Å². The van der Waals surface area contributed by atoms with E-state index in [9.17, 15) is 22.0 Å². The highest BCUT2D eigenvalue weighted by Gasteiger charge is 2.65. The number of halogens is 8. The highest BCUT2D eigenvalue weighted by molar-refractivity contribution is 5.78. The van der Waals surface area contributed by atoms with E-state index in [1.54, 1.807) is 0 Å². The molecule has 1 aliphatic rings. The number of benzene rings is 3. The first-order chi connectivity index (χ1) is 17.5. The SMILES string of the molecule is C=CCCc1ccc(COc2ccc3c(c2F)C(F)(F)C(F)(F)c2c-3ccc(OCC)c2F)c(F)c1F. The summed E-state index contributed by atoms with van der Waals surface area (Å²) < 4.78 is 129. The Kier molecular flexibility index (Phi) is 6.96. The summed E-state index contributed by atoms with van der Waals surface area (Å²) in [4.78, 5) is 0. The van der Waals surface area contributed by atoms with Gasteiger partial charge in [0, 0.05) is 5.56 Å². The first-order valence-corrected chi connectivity index (χ1v) is 11.2. The second-order valence-electron chi connectivity index (χ2n) is 8.31. The van der Waals surface area contributed by atoms with Gasteiger partial charge in [-0.15, -0.1) is 6.58 Å². The highest BCUT2D eigenvalue weighted by Crippen LogP contribution is 2.60. The van der Waals surface area contributed by atoms with Crippen molar-refractivity contribution in [1.29, 1.82) is 0 Å². The summed E-state index contributed by atoms with van der Waals surface area (Å²) in [6.07, 6.45) is 2.10. The van der Waals surface area contributed by atoms with E-state index in [1.807, 2.05) is 0 Å². The van der Waals surface area contributed by atoms with Crippen LogP contribution >= 0.6 is 0 Å². The van der Waals surface area contributed by atoms with Gasteiger partial charge in [-0.3, -0.25) is 0 Å². The third kappa shape index (κ3) is 4.22. The molecule has 0 N–H and O–H groups in total. The van der Waals surface area contributed by atoms with Crippen LogP contribution in [0.2, 0.25) is 0 Å². The van der Waals surface area contributed by atoms with Crippen LogP contribution in [0.5, 0.6) is 11.5 Å². The molecule has 10 heteroatoms. The fourth-order valence-electron chi connectivity index (χ4n) is 4.22. The van der Waals surface area contributed by atoms with Gasteiger partial charge in [0.15, 0.2) is 34.8 Å². The molecule has 3 aromatic rings. The van der Waals surface area contributed by atoms with Crippen molar-refractivity contribution in [2.45, 2.75) is 38.2 Å². The number of aryl methyl sites for hydroxylation is 1. The van der Waals surface area contributed by atoms with Crippen LogP contribution in [0.4, 0.5) is 35.1 Å². The molecule has 0 amide bonds. The minimum Gasteiger partial charge on any atom is -0.491 e. The number of alkyl halides is 4. The van der Waals surface area contributed by atoms with E-state index in [2.05, 4.69) is 6.58 Å². The maximum Gasteiger partial charge on any atom is 0.343 e. The van der Waals surface area contributed by atoms with Gasteiger partial charge in [0.25, 0.3) is 0 Å². The molecule has 37 heavy (non-hydrogen) atoms. The first kappa shape index (κ1) is 26.5. The molecule has 0 spiro atoms. The van der Waals surface area contributed by atoms with Gasteiger partial charge < -0.3 is 9.47 Å². The van der Waals surface area contributed by atoms with Crippen LogP contribution in [0.15, 0.2) is 49.1 Å². The molecule has 0 heterocycles. The summed E-state index contributed by atoms with van der Waals surface area (Å²) >= 11 is 0. The smallest absolute Gasteiger partial charge is 0.343 e. The topological polar surface area (TPSA) is 18.5 Å². The van der Waals surface area contributed by atoms with Gasteiger partial charge in [0.1, 0.15) is 6.61 Å². The number of ether oxygens (including phenoxy) is 2. The van der Waals surface area contributed by atoms with Crippen LogP contribution in [0.1, 0.15) is 35.6 Å². The zero-order valence-electron chi connectivity index (χ0n) is 19.4. The molecule has 0 atom stereocenters. The Morgan fingerprint density at radius 3 is 1.70 bits per heavy atom. The third-order valence-electron chi connectivity index (χ3n) is 6.07. The van der Waals surface area contributed by atoms with Crippen molar-refractivity contribution in [3.8, 4) is 22.6 Å². The zero-order valence-corrected chi connectivity index (χ0v) is 19.4. The molecule has 0 saturated carbocycles. The number of rotatable bonds is 8. The van der Waals surface area contributed by atoms with Crippen molar-refractivity contribution < 1.29 is 44.6 Å². The fourth-order valence-corrected chi connectivity index (χ4v) is 4.22. The molecule has 0 bridgehead atoms. The Bertz CT molecular complexity index is 1370. The van der Waals surface area contributed by atoms with Crippen molar-refractivity contribution in [2.24, 2.45) is 0 Å². The van der Waals surface area contributed by atoms with Crippen LogP contribution < -0.4 is 9.47 Å². The molecular formula is C27H20F8O2. The van der Waals surface area contributed by atoms with Gasteiger partial charge in [0.2, 0.25) is 0 Å². The van der Waals surface area contributed by atoms with E-state index in [4.69, 9.17) is 9.47 Å². The molecular weight excluding hydrogens is 508 g/mol. The third-order valence-corrected chi connectivity index (χ3v) is 6.07. The minimum absolute atomic E-state index is 0.0707. The highest BCUT2D eigenvalue weighted by atomic mass is 19.3. The Labute approximate surface area is 207 Å². The van der Waals surface area contributed by atoms with Gasteiger partial charge in [-0.2, -0.15) is 17.6 Å². The molecule has 0 aliphatic heterocycles. The van der Waals surface area contributed by atoms with E-state index < -0.39 is 75.5 Å². The second kappa shape index (κ2) is 9.72. The normalized spacial score (nSPS) is 15.1. The van der Waals surface area contributed by atoms with Crippen molar-refractivity contribution in [3.05, 3.63) is 94.6 Å². The van der Waals surface area contributed by atoms with Gasteiger partial charge >= 0.3 is 11.8 Å². The average Bonchev–Trinajstić information content (AvgIpc) is 2.85. The van der Waals surface area contributed by atoms with Crippen LogP contribution in [-0.4, -0.2) is 6.61 Å². The largest absolute Gasteiger partial charge is 0.491 e. The predicted molar refractivity (Wildman–Crippen MR) is 120 cm³/mol. The molecule has 4 rings (SSSR count). The second-order valence-corrected chi connectivity index (χ2v) is 8.31. The van der Waals surface area contributed by atoms with Gasteiger partial charge in [-0.1, -0.05) is 18.2 Å². The Hall–Kier alpha value is -3.56. The van der Waals surface area contributed by atoms with Gasteiger partial charge in [-0.05, 0) is 60.7 Å². The predicted octanol–water partition coefficient (Wildman–Crippen LogP) is 8.20. The number of hydrogen-bond acceptors (Lipinski definition) is 2. The van der Waals surface area contributed by atoms with E-state index in [-0.39, 0.29) is 24.2 Å². The van der Waals surface area contributed by atoms with Crippen molar-refractivity contribution >= 4 is 0 Å². The maximum absolute atomic E-state index is 15.2. The fraction of sp³-hybridized carbons (Fsp3) is 0.259. The number of hydrogen-bond donors (Lipinski definition) is 0. The van der Waals surface area contributed by atoms with Crippen molar-refractivity contribution in [1.82, 2.24) is 0 Å². The number of fused-ring (bicyclic) bond motifs is 3. The monoisotopic (exact) mass is 528 g/mol. The lowest BCUT2D eigenvalue weighted by molar-refractivity contribution is -0.228. The Morgan fingerprint density at radius 2 is 1.19 bits per heavy atom. The van der Waals surface area contributed by atoms with Crippen LogP contribution in [-0.2, 0) is 24.9 Å². The van der Waals surface area contributed by atoms with Crippen LogP contribution in [0, 0.1) is 23.3 Å². The lowest BCUT2D eigenvalue weighted by Crippen LogP contribution is -2.41. The molecule has 0 fully saturated rings.